The number of carbonyl (C=O) groups is 3. The van der Waals surface area contributed by atoms with Gasteiger partial charge in [-0.05, 0) is 45.3 Å². The fourth-order valence-corrected chi connectivity index (χ4v) is 6.13. The molecule has 12 nitrogen and oxygen atoms in total. The third-order valence-electron chi connectivity index (χ3n) is 7.69. The third kappa shape index (κ3) is 6.13. The van der Waals surface area contributed by atoms with Crippen LogP contribution in [0.4, 0.5) is 0 Å². The molecule has 3 aromatic carbocycles. The van der Waals surface area contributed by atoms with Gasteiger partial charge < -0.3 is 24.6 Å². The molecule has 4 aromatic rings. The van der Waals surface area contributed by atoms with Crippen molar-refractivity contribution in [1.82, 2.24) is 25.5 Å². The number of rotatable bonds is 9. The SMILES string of the molecule is C[C@H]1[C@@H](CSc2nnnn2C)OC(c2ccc(CNC(=O)c3ccc4c(c3)C(=O)OC4=O)cc2)O[C@H]1c1ccc(CO)cc1. The minimum absolute atomic E-state index is 0.00796. The number of tetrazole rings is 1. The summed E-state index contributed by atoms with van der Waals surface area (Å²) in [6, 6.07) is 19.6. The Balaban J connectivity index is 1.15. The second kappa shape index (κ2) is 12.7. The predicted octanol–water partition coefficient (Wildman–Crippen LogP) is 3.53. The summed E-state index contributed by atoms with van der Waals surface area (Å²) in [5.74, 6) is -1.23. The zero-order valence-electron chi connectivity index (χ0n) is 23.9. The average molecular weight is 616 g/mol. The molecular formula is C31H29N5O7S. The van der Waals surface area contributed by atoms with Crippen molar-refractivity contribution in [3.8, 4) is 0 Å². The lowest BCUT2D eigenvalue weighted by molar-refractivity contribution is -0.268. The minimum Gasteiger partial charge on any atom is -0.392 e. The van der Waals surface area contributed by atoms with E-state index in [0.29, 0.717) is 10.9 Å². The molecule has 13 heteroatoms. The van der Waals surface area contributed by atoms with Gasteiger partial charge in [-0.1, -0.05) is 67.2 Å². The maximum Gasteiger partial charge on any atom is 0.346 e. The molecule has 2 aliphatic heterocycles. The molecule has 1 fully saturated rings. The Morgan fingerprint density at radius 3 is 2.36 bits per heavy atom. The standard InChI is InChI=1S/C31H29N5O7S/c1-17-25(16-44-31-33-34-35-36(31)2)41-30(42-26(17)20-7-5-19(15-37)6-8-20)21-9-3-18(4-10-21)14-32-27(38)22-11-12-23-24(13-22)29(40)43-28(23)39/h3-13,17,25-26,30,37H,14-16H2,1-2H3,(H,32,38)/t17-,25+,26+,30?/m0/s1. The molecule has 1 aromatic heterocycles. The molecular weight excluding hydrogens is 586 g/mol. The van der Waals surface area contributed by atoms with Crippen LogP contribution in [0.1, 0.15) is 72.6 Å². The summed E-state index contributed by atoms with van der Waals surface area (Å²) in [5, 5.41) is 24.7. The van der Waals surface area contributed by atoms with Gasteiger partial charge in [0.05, 0.1) is 29.9 Å². The predicted molar refractivity (Wildman–Crippen MR) is 156 cm³/mol. The van der Waals surface area contributed by atoms with E-state index >= 15 is 0 Å². The zero-order chi connectivity index (χ0) is 30.8. The maximum absolute atomic E-state index is 12.7. The van der Waals surface area contributed by atoms with Crippen LogP contribution in [0.5, 0.6) is 0 Å². The second-order valence-corrected chi connectivity index (χ2v) is 11.6. The number of fused-ring (bicyclic) bond motifs is 1. The summed E-state index contributed by atoms with van der Waals surface area (Å²) in [5.41, 5.74) is 3.97. The third-order valence-corrected chi connectivity index (χ3v) is 8.79. The monoisotopic (exact) mass is 615 g/mol. The van der Waals surface area contributed by atoms with Crippen molar-refractivity contribution in [2.24, 2.45) is 13.0 Å². The number of esters is 2. The van der Waals surface area contributed by atoms with Crippen molar-refractivity contribution in [2.45, 2.75) is 43.7 Å². The van der Waals surface area contributed by atoms with Crippen LogP contribution in [-0.2, 0) is 34.4 Å². The molecule has 2 aliphatic rings. The number of aliphatic hydroxyl groups excluding tert-OH is 1. The molecule has 226 valence electrons. The Bertz CT molecular complexity index is 1690. The first-order chi connectivity index (χ1) is 21.3. The largest absolute Gasteiger partial charge is 0.392 e. The van der Waals surface area contributed by atoms with Crippen molar-refractivity contribution in [3.63, 3.8) is 0 Å². The van der Waals surface area contributed by atoms with Crippen LogP contribution >= 0.6 is 11.8 Å². The summed E-state index contributed by atoms with van der Waals surface area (Å²) in [4.78, 5) is 36.3. The Hall–Kier alpha value is -4.43. The van der Waals surface area contributed by atoms with E-state index in [-0.39, 0.29) is 53.9 Å². The highest BCUT2D eigenvalue weighted by atomic mass is 32.2. The van der Waals surface area contributed by atoms with Crippen LogP contribution in [0.15, 0.2) is 71.9 Å². The van der Waals surface area contributed by atoms with E-state index in [2.05, 4.69) is 32.5 Å². The summed E-state index contributed by atoms with van der Waals surface area (Å²) in [7, 11) is 1.79. The molecule has 1 amide bonds. The molecule has 1 unspecified atom stereocenters. The van der Waals surface area contributed by atoms with Gasteiger partial charge >= 0.3 is 11.9 Å². The van der Waals surface area contributed by atoms with Gasteiger partial charge in [-0.3, -0.25) is 4.79 Å². The smallest absolute Gasteiger partial charge is 0.346 e. The molecule has 2 N–H and O–H groups in total. The molecule has 0 saturated carbocycles. The number of amides is 1. The van der Waals surface area contributed by atoms with Gasteiger partial charge in [0.15, 0.2) is 6.29 Å². The number of aromatic nitrogens is 4. The number of carbonyl (C=O) groups excluding carboxylic acids is 3. The number of nitrogens with zero attached hydrogens (tertiary/aromatic N) is 4. The van der Waals surface area contributed by atoms with E-state index in [1.165, 1.54) is 30.0 Å². The Labute approximate surface area is 256 Å². The zero-order valence-corrected chi connectivity index (χ0v) is 24.7. The van der Waals surface area contributed by atoms with Gasteiger partial charge in [0.25, 0.3) is 5.91 Å². The van der Waals surface area contributed by atoms with Gasteiger partial charge in [0, 0.05) is 36.4 Å². The fraction of sp³-hybridized carbons (Fsp3) is 0.290. The number of benzene rings is 3. The van der Waals surface area contributed by atoms with Crippen molar-refractivity contribution >= 4 is 29.6 Å². The van der Waals surface area contributed by atoms with E-state index in [4.69, 9.17) is 9.47 Å². The number of thioether (sulfide) groups is 1. The van der Waals surface area contributed by atoms with Crippen molar-refractivity contribution < 1.29 is 33.7 Å². The maximum atomic E-state index is 12.7. The van der Waals surface area contributed by atoms with Crippen LogP contribution in [0.3, 0.4) is 0 Å². The molecule has 0 radical (unpaired) electrons. The lowest BCUT2D eigenvalue weighted by atomic mass is 9.91. The van der Waals surface area contributed by atoms with E-state index in [9.17, 15) is 19.5 Å². The summed E-state index contributed by atoms with van der Waals surface area (Å²) in [6.07, 6.45) is -1.09. The minimum atomic E-state index is -0.757. The molecule has 3 heterocycles. The molecule has 0 bridgehead atoms. The number of hydrogen-bond donors (Lipinski definition) is 2. The normalized spacial score (nSPS) is 21.2. The molecule has 0 spiro atoms. The van der Waals surface area contributed by atoms with Gasteiger partial charge in [-0.15, -0.1) is 5.10 Å². The van der Waals surface area contributed by atoms with Crippen LogP contribution in [-0.4, -0.2) is 55.0 Å². The van der Waals surface area contributed by atoms with Crippen LogP contribution in [0.2, 0.25) is 0 Å². The van der Waals surface area contributed by atoms with Gasteiger partial charge in [0.2, 0.25) is 5.16 Å². The van der Waals surface area contributed by atoms with E-state index < -0.39 is 18.2 Å². The van der Waals surface area contributed by atoms with Crippen molar-refractivity contribution in [2.75, 3.05) is 5.75 Å². The number of cyclic esters (lactones) is 2. The quantitative estimate of drug-likeness (QED) is 0.161. The molecule has 44 heavy (non-hydrogen) atoms. The van der Waals surface area contributed by atoms with Gasteiger partial charge in [-0.2, -0.15) is 0 Å². The summed E-state index contributed by atoms with van der Waals surface area (Å²) in [6.45, 7) is 2.30. The summed E-state index contributed by atoms with van der Waals surface area (Å²) < 4.78 is 19.2. The topological polar surface area (TPSA) is 155 Å². The number of aliphatic hydroxyl groups is 1. The number of nitrogens with one attached hydrogen (secondary N) is 1. The fourth-order valence-electron chi connectivity index (χ4n) is 5.11. The number of hydrogen-bond acceptors (Lipinski definition) is 11. The lowest BCUT2D eigenvalue weighted by Crippen LogP contribution is -2.38. The Kier molecular flexibility index (Phi) is 8.53. The number of ether oxygens (including phenoxy) is 3. The second-order valence-electron chi connectivity index (χ2n) is 10.6. The first-order valence-corrected chi connectivity index (χ1v) is 14.9. The van der Waals surface area contributed by atoms with E-state index in [1.807, 2.05) is 48.5 Å². The Morgan fingerprint density at radius 2 is 1.66 bits per heavy atom. The highest BCUT2D eigenvalue weighted by molar-refractivity contribution is 7.99. The average Bonchev–Trinajstić information content (AvgIpc) is 3.59. The van der Waals surface area contributed by atoms with Gasteiger partial charge in [-0.25, -0.2) is 14.3 Å². The van der Waals surface area contributed by atoms with Crippen molar-refractivity contribution in [3.05, 3.63) is 106 Å². The van der Waals surface area contributed by atoms with Crippen LogP contribution < -0.4 is 5.32 Å². The first kappa shape index (κ1) is 29.6. The molecule has 4 atom stereocenters. The van der Waals surface area contributed by atoms with Gasteiger partial charge in [0.1, 0.15) is 0 Å². The summed E-state index contributed by atoms with van der Waals surface area (Å²) >= 11 is 1.51. The van der Waals surface area contributed by atoms with E-state index in [0.717, 1.165) is 22.3 Å². The van der Waals surface area contributed by atoms with Crippen LogP contribution in [0, 0.1) is 5.92 Å². The van der Waals surface area contributed by atoms with Crippen LogP contribution in [0.25, 0.3) is 0 Å². The Morgan fingerprint density at radius 1 is 0.955 bits per heavy atom. The highest BCUT2D eigenvalue weighted by Crippen LogP contribution is 2.42. The molecule has 1 saturated heterocycles. The van der Waals surface area contributed by atoms with E-state index in [1.54, 1.807) is 11.7 Å². The van der Waals surface area contributed by atoms with Crippen molar-refractivity contribution in [1.29, 1.82) is 0 Å². The lowest BCUT2D eigenvalue weighted by Gasteiger charge is -2.41. The molecule has 6 rings (SSSR count). The first-order valence-electron chi connectivity index (χ1n) is 13.9. The number of aryl methyl sites for hydroxylation is 1. The highest BCUT2D eigenvalue weighted by Gasteiger charge is 2.38. The molecule has 0 aliphatic carbocycles.